The summed E-state index contributed by atoms with van der Waals surface area (Å²) in [5.41, 5.74) is -2.42. The van der Waals surface area contributed by atoms with Crippen LogP contribution in [0, 0.1) is 11.8 Å². The number of aliphatic hydroxyl groups excluding tert-OH is 2. The van der Waals surface area contributed by atoms with E-state index in [0.29, 0.717) is 0 Å². The van der Waals surface area contributed by atoms with E-state index in [2.05, 4.69) is 0 Å². The van der Waals surface area contributed by atoms with E-state index in [1.54, 1.807) is 14.0 Å². The number of nitrogens with zero attached hydrogens (tertiary/aromatic N) is 1. The summed E-state index contributed by atoms with van der Waals surface area (Å²) in [5.74, 6) is -1.56. The summed E-state index contributed by atoms with van der Waals surface area (Å²) in [4.78, 5) is 26.3. The van der Waals surface area contributed by atoms with Crippen LogP contribution in [0.25, 0.3) is 0 Å². The third kappa shape index (κ3) is 1.62. The van der Waals surface area contributed by atoms with Crippen LogP contribution in [0.2, 0.25) is 0 Å². The van der Waals surface area contributed by atoms with Crippen LogP contribution in [-0.4, -0.2) is 57.9 Å². The SMILES string of the molecule is CN1C(=O)[C@H](CCO)[C@]2(C)OC(=O)[C@]12[C@@H](O)[C@@H]1C=CCCC1. The summed E-state index contributed by atoms with van der Waals surface area (Å²) in [6, 6.07) is 0. The topological polar surface area (TPSA) is 87.1 Å². The zero-order chi connectivity index (χ0) is 16.1. The molecular formula is C16H23NO5. The van der Waals surface area contributed by atoms with Gasteiger partial charge < -0.3 is 19.8 Å². The Hall–Kier alpha value is -1.40. The standard InChI is InChI=1S/C16H23NO5/c1-15-11(8-9-18)13(20)17(2)16(15,14(21)22-15)12(19)10-6-4-3-5-7-10/h4,6,10-12,18-19H,3,5,7-9H2,1-2H3/t10-,11+,12+,15+,16+/m1/s1. The van der Waals surface area contributed by atoms with Gasteiger partial charge in [-0.15, -0.1) is 0 Å². The van der Waals surface area contributed by atoms with Gasteiger partial charge >= 0.3 is 5.97 Å². The molecule has 6 heteroatoms. The Labute approximate surface area is 129 Å². The van der Waals surface area contributed by atoms with Crippen molar-refractivity contribution >= 4 is 11.9 Å². The molecule has 1 aliphatic carbocycles. The van der Waals surface area contributed by atoms with E-state index in [-0.39, 0.29) is 24.9 Å². The number of carbonyl (C=O) groups is 2. The van der Waals surface area contributed by atoms with E-state index in [4.69, 9.17) is 4.74 Å². The third-order valence-corrected chi connectivity index (χ3v) is 5.74. The van der Waals surface area contributed by atoms with Crippen LogP contribution in [0.5, 0.6) is 0 Å². The minimum Gasteiger partial charge on any atom is -0.453 e. The molecule has 2 fully saturated rings. The lowest BCUT2D eigenvalue weighted by molar-refractivity contribution is -0.253. The van der Waals surface area contributed by atoms with E-state index in [1.165, 1.54) is 4.90 Å². The number of rotatable bonds is 4. The Kier molecular flexibility index (Phi) is 3.57. The van der Waals surface area contributed by atoms with E-state index < -0.39 is 29.1 Å². The lowest BCUT2D eigenvalue weighted by Gasteiger charge is -2.56. The summed E-state index contributed by atoms with van der Waals surface area (Å²) < 4.78 is 5.38. The van der Waals surface area contributed by atoms with Crippen molar-refractivity contribution in [3.8, 4) is 0 Å². The number of hydrogen-bond donors (Lipinski definition) is 2. The highest BCUT2D eigenvalue weighted by Crippen LogP contribution is 2.57. The van der Waals surface area contributed by atoms with Crippen LogP contribution in [0.1, 0.15) is 32.6 Å². The maximum Gasteiger partial charge on any atom is 0.339 e. The van der Waals surface area contributed by atoms with Crippen LogP contribution < -0.4 is 0 Å². The van der Waals surface area contributed by atoms with Crippen LogP contribution in [0.4, 0.5) is 0 Å². The molecule has 3 rings (SSSR count). The molecule has 0 aromatic rings. The molecule has 2 N–H and O–H groups in total. The van der Waals surface area contributed by atoms with E-state index in [1.807, 2.05) is 12.2 Å². The second-order valence-electron chi connectivity index (χ2n) is 6.69. The molecule has 6 nitrogen and oxygen atoms in total. The Morgan fingerprint density at radius 3 is 2.77 bits per heavy atom. The van der Waals surface area contributed by atoms with Gasteiger partial charge in [0.1, 0.15) is 0 Å². The minimum atomic E-state index is -1.34. The maximum atomic E-state index is 12.6. The molecule has 0 spiro atoms. The van der Waals surface area contributed by atoms with Gasteiger partial charge in [-0.05, 0) is 32.6 Å². The first-order chi connectivity index (χ1) is 10.4. The second kappa shape index (κ2) is 5.06. The summed E-state index contributed by atoms with van der Waals surface area (Å²) in [6.45, 7) is 1.54. The Morgan fingerprint density at radius 2 is 2.23 bits per heavy atom. The predicted molar refractivity (Wildman–Crippen MR) is 77.7 cm³/mol. The molecule has 1 amide bonds. The maximum absolute atomic E-state index is 12.6. The predicted octanol–water partition coefficient (Wildman–Crippen LogP) is 0.228. The minimum absolute atomic E-state index is 0.160. The van der Waals surface area contributed by atoms with Crippen molar-refractivity contribution in [2.45, 2.75) is 49.9 Å². The number of fused-ring (bicyclic) bond motifs is 1. The van der Waals surface area contributed by atoms with Crippen molar-refractivity contribution in [3.05, 3.63) is 12.2 Å². The largest absolute Gasteiger partial charge is 0.453 e. The lowest BCUT2D eigenvalue weighted by atomic mass is 9.64. The number of likely N-dealkylation sites (N-methyl/N-ethyl adjacent to an activating group) is 1. The molecule has 0 aromatic heterocycles. The number of ether oxygens (including phenoxy) is 1. The van der Waals surface area contributed by atoms with Gasteiger partial charge in [0.2, 0.25) is 11.4 Å². The van der Waals surface area contributed by atoms with Gasteiger partial charge in [-0.2, -0.15) is 0 Å². The van der Waals surface area contributed by atoms with E-state index >= 15 is 0 Å². The molecule has 0 radical (unpaired) electrons. The van der Waals surface area contributed by atoms with Gasteiger partial charge in [0.15, 0.2) is 5.60 Å². The quantitative estimate of drug-likeness (QED) is 0.573. The van der Waals surface area contributed by atoms with Gasteiger partial charge in [0.25, 0.3) is 0 Å². The van der Waals surface area contributed by atoms with E-state index in [0.717, 1.165) is 19.3 Å². The van der Waals surface area contributed by atoms with E-state index in [9.17, 15) is 19.8 Å². The molecule has 0 bridgehead atoms. The molecule has 0 aromatic carbocycles. The number of hydrogen-bond acceptors (Lipinski definition) is 5. The smallest absolute Gasteiger partial charge is 0.339 e. The number of carbonyl (C=O) groups excluding carboxylic acids is 2. The fourth-order valence-electron chi connectivity index (χ4n) is 4.51. The lowest BCUT2D eigenvalue weighted by Crippen LogP contribution is -2.80. The first-order valence-corrected chi connectivity index (χ1v) is 7.88. The Morgan fingerprint density at radius 1 is 1.50 bits per heavy atom. The Balaban J connectivity index is 2.01. The van der Waals surface area contributed by atoms with Gasteiger partial charge in [0.05, 0.1) is 12.0 Å². The molecule has 2 aliphatic heterocycles. The van der Waals surface area contributed by atoms with Crippen LogP contribution in [0.15, 0.2) is 12.2 Å². The first-order valence-electron chi connectivity index (χ1n) is 7.88. The van der Waals surface area contributed by atoms with Gasteiger partial charge in [-0.3, -0.25) is 4.79 Å². The number of amides is 1. The number of aliphatic hydroxyl groups is 2. The molecule has 0 saturated carbocycles. The third-order valence-electron chi connectivity index (χ3n) is 5.74. The monoisotopic (exact) mass is 309 g/mol. The molecule has 5 atom stereocenters. The van der Waals surface area contributed by atoms with Gasteiger partial charge in [-0.1, -0.05) is 12.2 Å². The summed E-state index contributed by atoms with van der Waals surface area (Å²) >= 11 is 0. The fourth-order valence-corrected chi connectivity index (χ4v) is 4.51. The molecule has 0 unspecified atom stereocenters. The highest BCUT2D eigenvalue weighted by atomic mass is 16.6. The highest BCUT2D eigenvalue weighted by molar-refractivity contribution is 6.01. The fraction of sp³-hybridized carbons (Fsp3) is 0.750. The molecule has 2 heterocycles. The average Bonchev–Trinajstić information content (AvgIpc) is 2.63. The summed E-state index contributed by atoms with van der Waals surface area (Å²) in [5, 5.41) is 20.2. The van der Waals surface area contributed by atoms with Crippen LogP contribution >= 0.6 is 0 Å². The highest BCUT2D eigenvalue weighted by Gasteiger charge is 2.81. The second-order valence-corrected chi connectivity index (χ2v) is 6.69. The zero-order valence-corrected chi connectivity index (χ0v) is 13.0. The van der Waals surface area contributed by atoms with Gasteiger partial charge in [-0.25, -0.2) is 4.79 Å². The molecule has 122 valence electrons. The van der Waals surface area contributed by atoms with Crippen molar-refractivity contribution in [2.75, 3.05) is 13.7 Å². The average molecular weight is 309 g/mol. The zero-order valence-electron chi connectivity index (χ0n) is 13.0. The van der Waals surface area contributed by atoms with Crippen molar-refractivity contribution < 1.29 is 24.5 Å². The van der Waals surface area contributed by atoms with Crippen molar-refractivity contribution in [2.24, 2.45) is 11.8 Å². The van der Waals surface area contributed by atoms with Crippen molar-refractivity contribution in [1.82, 2.24) is 4.90 Å². The first kappa shape index (κ1) is 15.5. The number of esters is 1. The van der Waals surface area contributed by atoms with Crippen molar-refractivity contribution in [3.63, 3.8) is 0 Å². The molecule has 3 aliphatic rings. The molecular weight excluding hydrogens is 286 g/mol. The summed E-state index contributed by atoms with van der Waals surface area (Å²) in [6.07, 6.45) is 5.90. The van der Waals surface area contributed by atoms with Crippen LogP contribution in [0.3, 0.4) is 0 Å². The summed E-state index contributed by atoms with van der Waals surface area (Å²) in [7, 11) is 1.55. The molecule has 22 heavy (non-hydrogen) atoms. The number of allylic oxidation sites excluding steroid dienone is 1. The Bertz CT molecular complexity index is 533. The van der Waals surface area contributed by atoms with Crippen molar-refractivity contribution in [1.29, 1.82) is 0 Å². The number of likely N-dealkylation sites (tertiary alicyclic amines) is 1. The normalized spacial score (nSPS) is 41.9. The molecule has 2 saturated heterocycles. The van der Waals surface area contributed by atoms with Crippen LogP contribution in [-0.2, 0) is 14.3 Å². The van der Waals surface area contributed by atoms with Gasteiger partial charge in [0, 0.05) is 19.6 Å².